The van der Waals surface area contributed by atoms with Crippen molar-refractivity contribution in [1.82, 2.24) is 0 Å². The fraction of sp³-hybridized carbons (Fsp3) is 0.250. The number of allylic oxidation sites excluding steroid dienone is 3. The summed E-state index contributed by atoms with van der Waals surface area (Å²) >= 11 is 0. The summed E-state index contributed by atoms with van der Waals surface area (Å²) in [6.07, 6.45) is 4.30. The molecular weight excluding hydrogens is 384 g/mol. The Labute approximate surface area is 176 Å². The van der Waals surface area contributed by atoms with Gasteiger partial charge in [-0.25, -0.2) is 9.59 Å². The van der Waals surface area contributed by atoms with Crippen LogP contribution in [0.15, 0.2) is 65.8 Å². The van der Waals surface area contributed by atoms with Crippen LogP contribution < -0.4 is 0 Å². The van der Waals surface area contributed by atoms with Crippen LogP contribution in [0.5, 0.6) is 11.5 Å². The molecule has 3 N–H and O–H groups in total. The Morgan fingerprint density at radius 1 is 0.867 bits per heavy atom. The number of carbonyl (C=O) groups excluding carboxylic acids is 1. The second-order valence-corrected chi connectivity index (χ2v) is 7.00. The summed E-state index contributed by atoms with van der Waals surface area (Å²) in [5, 5.41) is 27.8. The lowest BCUT2D eigenvalue weighted by Crippen LogP contribution is -2.05. The average Bonchev–Trinajstić information content (AvgIpc) is 2.67. The number of benzene rings is 2. The van der Waals surface area contributed by atoms with Gasteiger partial charge in [-0.05, 0) is 64.0 Å². The number of para-hydroxylation sites is 2. The smallest absolute Gasteiger partial charge is 0.342 e. The predicted octanol–water partition coefficient (Wildman–Crippen LogP) is 5.11. The van der Waals surface area contributed by atoms with Crippen LogP contribution in [0.25, 0.3) is 0 Å². The summed E-state index contributed by atoms with van der Waals surface area (Å²) in [7, 11) is 0. The van der Waals surface area contributed by atoms with Crippen molar-refractivity contribution in [2.24, 2.45) is 0 Å². The molecular formula is C24H28O6. The minimum absolute atomic E-state index is 0.0466. The van der Waals surface area contributed by atoms with Crippen molar-refractivity contribution in [3.63, 3.8) is 0 Å². The lowest BCUT2D eigenvalue weighted by atomic mass is 10.1. The number of hydrogen-bond acceptors (Lipinski definition) is 5. The number of rotatable bonds is 6. The molecule has 2 aromatic rings. The normalized spacial score (nSPS) is 9.60. The molecule has 160 valence electrons. The topological polar surface area (TPSA) is 104 Å². The highest BCUT2D eigenvalue weighted by Crippen LogP contribution is 2.23. The van der Waals surface area contributed by atoms with E-state index in [1.54, 1.807) is 30.3 Å². The van der Waals surface area contributed by atoms with Gasteiger partial charge in [0.25, 0.3) is 0 Å². The molecule has 0 heterocycles. The van der Waals surface area contributed by atoms with Crippen molar-refractivity contribution < 1.29 is 29.6 Å². The number of carboxylic acid groups (broad SMARTS) is 1. The highest BCUT2D eigenvalue weighted by Gasteiger charge is 2.12. The Balaban J connectivity index is 0.000000300. The average molecular weight is 412 g/mol. The molecule has 0 aliphatic rings. The lowest BCUT2D eigenvalue weighted by molar-refractivity contribution is 0.0545. The summed E-state index contributed by atoms with van der Waals surface area (Å²) in [4.78, 5) is 22.2. The summed E-state index contributed by atoms with van der Waals surface area (Å²) in [5.74, 6) is -1.81. The summed E-state index contributed by atoms with van der Waals surface area (Å²) < 4.78 is 4.94. The first-order valence-electron chi connectivity index (χ1n) is 9.39. The van der Waals surface area contributed by atoms with Crippen LogP contribution in [-0.2, 0) is 11.2 Å². The predicted molar refractivity (Wildman–Crippen MR) is 116 cm³/mol. The molecule has 0 amide bonds. The number of phenolic OH excluding ortho intramolecular Hbond substituents is 1. The molecule has 0 radical (unpaired) electrons. The second-order valence-electron chi connectivity index (χ2n) is 7.00. The van der Waals surface area contributed by atoms with Gasteiger partial charge in [-0.1, -0.05) is 41.5 Å². The van der Waals surface area contributed by atoms with Crippen LogP contribution in [0.2, 0.25) is 0 Å². The van der Waals surface area contributed by atoms with Crippen LogP contribution in [0.4, 0.5) is 0 Å². The van der Waals surface area contributed by atoms with Crippen LogP contribution in [0, 0.1) is 0 Å². The van der Waals surface area contributed by atoms with E-state index in [1.807, 2.05) is 33.8 Å². The highest BCUT2D eigenvalue weighted by atomic mass is 16.5. The standard InChI is InChI=1S/2C12H14O3/c1-8(2)6-7-9-4-3-5-10(11(9)13)12(14)15;1-9(2)7-8-15-12(14)10-5-3-4-6-11(10)13/h3-6,13H,7H2,1-2H3,(H,14,15);3-7,13H,8H2,1-2H3. The Morgan fingerprint density at radius 3 is 2.03 bits per heavy atom. The zero-order valence-electron chi connectivity index (χ0n) is 17.7. The molecule has 2 aromatic carbocycles. The molecule has 0 fully saturated rings. The Hall–Kier alpha value is -3.54. The molecule has 0 saturated carbocycles. The molecule has 2 rings (SSSR count). The van der Waals surface area contributed by atoms with E-state index in [2.05, 4.69) is 0 Å². The first-order chi connectivity index (χ1) is 14.1. The molecule has 0 atom stereocenters. The van der Waals surface area contributed by atoms with E-state index in [4.69, 9.17) is 9.84 Å². The fourth-order valence-corrected chi connectivity index (χ4v) is 2.25. The second kappa shape index (κ2) is 12.1. The van der Waals surface area contributed by atoms with Crippen LogP contribution in [0.3, 0.4) is 0 Å². The van der Waals surface area contributed by atoms with E-state index in [0.717, 1.165) is 11.1 Å². The zero-order valence-corrected chi connectivity index (χ0v) is 17.7. The number of carboxylic acids is 1. The van der Waals surface area contributed by atoms with Gasteiger partial charge in [0.15, 0.2) is 0 Å². The van der Waals surface area contributed by atoms with E-state index in [0.29, 0.717) is 12.0 Å². The van der Waals surface area contributed by atoms with Gasteiger partial charge in [-0.15, -0.1) is 0 Å². The van der Waals surface area contributed by atoms with Gasteiger partial charge in [0.1, 0.15) is 29.2 Å². The van der Waals surface area contributed by atoms with E-state index in [1.165, 1.54) is 18.2 Å². The van der Waals surface area contributed by atoms with Crippen molar-refractivity contribution in [2.45, 2.75) is 34.1 Å². The number of hydrogen-bond donors (Lipinski definition) is 3. The van der Waals surface area contributed by atoms with Crippen molar-refractivity contribution in [2.75, 3.05) is 6.61 Å². The third-order valence-corrected chi connectivity index (χ3v) is 3.91. The van der Waals surface area contributed by atoms with Crippen LogP contribution in [0.1, 0.15) is 54.0 Å². The monoisotopic (exact) mass is 412 g/mol. The molecule has 0 unspecified atom stereocenters. The van der Waals surface area contributed by atoms with Gasteiger partial charge in [-0.3, -0.25) is 0 Å². The summed E-state index contributed by atoms with van der Waals surface area (Å²) in [6, 6.07) is 11.1. The Morgan fingerprint density at radius 2 is 1.47 bits per heavy atom. The minimum atomic E-state index is -1.11. The van der Waals surface area contributed by atoms with Gasteiger partial charge in [0.05, 0.1) is 0 Å². The largest absolute Gasteiger partial charge is 0.507 e. The van der Waals surface area contributed by atoms with E-state index >= 15 is 0 Å². The number of aromatic carboxylic acids is 1. The number of ether oxygens (including phenoxy) is 1. The van der Waals surface area contributed by atoms with Gasteiger partial charge < -0.3 is 20.1 Å². The van der Waals surface area contributed by atoms with E-state index in [-0.39, 0.29) is 29.2 Å². The lowest BCUT2D eigenvalue weighted by Gasteiger charge is -2.04. The van der Waals surface area contributed by atoms with Gasteiger partial charge in [0, 0.05) is 0 Å². The zero-order chi connectivity index (χ0) is 22.7. The summed E-state index contributed by atoms with van der Waals surface area (Å²) in [5.41, 5.74) is 3.00. The molecule has 0 aliphatic carbocycles. The van der Waals surface area contributed by atoms with Crippen molar-refractivity contribution in [1.29, 1.82) is 0 Å². The van der Waals surface area contributed by atoms with Crippen LogP contribution in [-0.4, -0.2) is 33.9 Å². The number of esters is 1. The maximum Gasteiger partial charge on any atom is 0.342 e. The molecule has 0 spiro atoms. The number of phenols is 2. The fourth-order valence-electron chi connectivity index (χ4n) is 2.25. The molecule has 0 aliphatic heterocycles. The van der Waals surface area contributed by atoms with Crippen molar-refractivity contribution in [3.8, 4) is 11.5 Å². The maximum atomic E-state index is 11.4. The molecule has 0 aromatic heterocycles. The highest BCUT2D eigenvalue weighted by molar-refractivity contribution is 5.92. The van der Waals surface area contributed by atoms with Crippen LogP contribution >= 0.6 is 0 Å². The summed E-state index contributed by atoms with van der Waals surface area (Å²) in [6.45, 7) is 7.99. The van der Waals surface area contributed by atoms with E-state index < -0.39 is 11.9 Å². The SMILES string of the molecule is CC(C)=CCOC(=O)c1ccccc1O.CC(C)=CCc1cccc(C(=O)O)c1O. The number of carbonyl (C=O) groups is 2. The third-order valence-electron chi connectivity index (χ3n) is 3.91. The molecule has 6 nitrogen and oxygen atoms in total. The van der Waals surface area contributed by atoms with Gasteiger partial charge >= 0.3 is 11.9 Å². The Bertz CT molecular complexity index is 932. The Kier molecular flexibility index (Phi) is 9.89. The number of aromatic hydroxyl groups is 2. The van der Waals surface area contributed by atoms with Crippen molar-refractivity contribution >= 4 is 11.9 Å². The first kappa shape index (κ1) is 24.5. The minimum Gasteiger partial charge on any atom is -0.507 e. The molecule has 0 bridgehead atoms. The van der Waals surface area contributed by atoms with Gasteiger partial charge in [-0.2, -0.15) is 0 Å². The first-order valence-corrected chi connectivity index (χ1v) is 9.39. The molecule has 0 saturated heterocycles. The maximum absolute atomic E-state index is 11.4. The molecule has 30 heavy (non-hydrogen) atoms. The van der Waals surface area contributed by atoms with Gasteiger partial charge in [0.2, 0.25) is 0 Å². The van der Waals surface area contributed by atoms with Crippen molar-refractivity contribution in [3.05, 3.63) is 82.5 Å². The molecule has 6 heteroatoms. The quantitative estimate of drug-likeness (QED) is 0.450. The van der Waals surface area contributed by atoms with E-state index in [9.17, 15) is 19.8 Å². The third kappa shape index (κ3) is 8.22.